The Bertz CT molecular complexity index is 645. The molecule has 0 aromatic heterocycles. The molecule has 6 nitrogen and oxygen atoms in total. The number of anilines is 1. The van der Waals surface area contributed by atoms with Crippen LogP contribution in [0, 0.1) is 5.92 Å². The lowest BCUT2D eigenvalue weighted by Crippen LogP contribution is -2.45. The van der Waals surface area contributed by atoms with Crippen molar-refractivity contribution >= 4 is 21.6 Å². The minimum atomic E-state index is -3.25. The summed E-state index contributed by atoms with van der Waals surface area (Å²) in [6, 6.07) is 7.25. The lowest BCUT2D eigenvalue weighted by Gasteiger charge is -2.32. The molecule has 0 N–H and O–H groups in total. The molecule has 122 valence electrons. The molecule has 0 bridgehead atoms. The summed E-state index contributed by atoms with van der Waals surface area (Å²) < 4.78 is 29.9. The number of hydrogen-bond acceptors (Lipinski definition) is 4. The number of carbonyl (C=O) groups is 1. The van der Waals surface area contributed by atoms with Crippen LogP contribution in [-0.4, -0.2) is 52.1 Å². The average molecular weight is 326 g/mol. The molecule has 1 unspecified atom stereocenters. The lowest BCUT2D eigenvalue weighted by molar-refractivity contribution is -0.123. The Morgan fingerprint density at radius 3 is 2.77 bits per heavy atom. The number of amides is 1. The summed E-state index contributed by atoms with van der Waals surface area (Å²) in [6.45, 7) is 0.747. The number of rotatable bonds is 4. The molecule has 1 aromatic carbocycles. The number of nitrogens with zero attached hydrogens (tertiary/aromatic N) is 2. The van der Waals surface area contributed by atoms with Gasteiger partial charge in [0.1, 0.15) is 5.75 Å². The third kappa shape index (κ3) is 3.78. The molecule has 1 aromatic rings. The van der Waals surface area contributed by atoms with Gasteiger partial charge in [-0.25, -0.2) is 12.7 Å². The second-order valence-electron chi connectivity index (χ2n) is 5.56. The highest BCUT2D eigenvalue weighted by Gasteiger charge is 2.32. The molecular formula is C15H22N2O4S. The summed E-state index contributed by atoms with van der Waals surface area (Å²) in [5.41, 5.74) is 0.737. The molecule has 1 aliphatic heterocycles. The third-order valence-corrected chi connectivity index (χ3v) is 5.24. The van der Waals surface area contributed by atoms with Gasteiger partial charge >= 0.3 is 0 Å². The van der Waals surface area contributed by atoms with Crippen molar-refractivity contribution in [2.24, 2.45) is 5.92 Å². The molecule has 7 heteroatoms. The number of piperidine rings is 1. The van der Waals surface area contributed by atoms with Crippen molar-refractivity contribution in [3.05, 3.63) is 24.3 Å². The molecule has 1 atom stereocenters. The number of benzene rings is 1. The van der Waals surface area contributed by atoms with Crippen molar-refractivity contribution in [1.29, 1.82) is 0 Å². The standard InChI is InChI=1S/C15H22N2O4S/c1-16(13-7-4-8-14(10-13)21-2)15(18)12-6-5-9-17(11-12)22(3,19)20/h4,7-8,10,12H,5-6,9,11H2,1-3H3. The van der Waals surface area contributed by atoms with Gasteiger partial charge in [-0.1, -0.05) is 6.07 Å². The van der Waals surface area contributed by atoms with Gasteiger partial charge in [0.25, 0.3) is 0 Å². The molecule has 1 aliphatic rings. The minimum absolute atomic E-state index is 0.0680. The molecule has 1 saturated heterocycles. The van der Waals surface area contributed by atoms with Crippen LogP contribution in [0.15, 0.2) is 24.3 Å². The van der Waals surface area contributed by atoms with E-state index < -0.39 is 10.0 Å². The zero-order valence-corrected chi connectivity index (χ0v) is 14.0. The van der Waals surface area contributed by atoms with E-state index in [9.17, 15) is 13.2 Å². The van der Waals surface area contributed by atoms with E-state index >= 15 is 0 Å². The topological polar surface area (TPSA) is 66.9 Å². The van der Waals surface area contributed by atoms with E-state index in [4.69, 9.17) is 4.74 Å². The van der Waals surface area contributed by atoms with E-state index in [0.29, 0.717) is 25.1 Å². The predicted octanol–water partition coefficient (Wildman–Crippen LogP) is 1.33. The quantitative estimate of drug-likeness (QED) is 0.837. The van der Waals surface area contributed by atoms with Gasteiger partial charge in [0, 0.05) is 31.9 Å². The summed E-state index contributed by atoms with van der Waals surface area (Å²) in [6.07, 6.45) is 2.60. The smallest absolute Gasteiger partial charge is 0.231 e. The molecule has 0 spiro atoms. The number of carbonyl (C=O) groups excluding carboxylic acids is 1. The normalized spacial score (nSPS) is 19.7. The fraction of sp³-hybridized carbons (Fsp3) is 0.533. The first-order chi connectivity index (χ1) is 10.3. The van der Waals surface area contributed by atoms with Crippen LogP contribution < -0.4 is 9.64 Å². The summed E-state index contributed by atoms with van der Waals surface area (Å²) >= 11 is 0. The Hall–Kier alpha value is -1.60. The number of hydrogen-bond donors (Lipinski definition) is 0. The van der Waals surface area contributed by atoms with Gasteiger partial charge in [-0.2, -0.15) is 0 Å². The first-order valence-corrected chi connectivity index (χ1v) is 9.04. The molecule has 0 aliphatic carbocycles. The number of methoxy groups -OCH3 is 1. The zero-order chi connectivity index (χ0) is 16.3. The van der Waals surface area contributed by atoms with Crippen LogP contribution in [-0.2, 0) is 14.8 Å². The van der Waals surface area contributed by atoms with Crippen LogP contribution in [0.1, 0.15) is 12.8 Å². The van der Waals surface area contributed by atoms with Crippen molar-refractivity contribution < 1.29 is 17.9 Å². The van der Waals surface area contributed by atoms with Gasteiger partial charge in [-0.3, -0.25) is 4.79 Å². The average Bonchev–Trinajstić information content (AvgIpc) is 2.53. The van der Waals surface area contributed by atoms with Gasteiger partial charge in [-0.05, 0) is 25.0 Å². The molecule has 0 saturated carbocycles. The largest absolute Gasteiger partial charge is 0.497 e. The summed E-state index contributed by atoms with van der Waals surface area (Å²) in [5.74, 6) is 0.305. The summed E-state index contributed by atoms with van der Waals surface area (Å²) in [7, 11) is 0.0296. The van der Waals surface area contributed by atoms with Crippen molar-refractivity contribution in [2.75, 3.05) is 38.4 Å². The highest BCUT2D eigenvalue weighted by molar-refractivity contribution is 7.88. The highest BCUT2D eigenvalue weighted by Crippen LogP contribution is 2.25. The monoisotopic (exact) mass is 326 g/mol. The van der Waals surface area contributed by atoms with Crippen molar-refractivity contribution in [1.82, 2.24) is 4.31 Å². The van der Waals surface area contributed by atoms with Crippen molar-refractivity contribution in [3.8, 4) is 5.75 Å². The van der Waals surface area contributed by atoms with Gasteiger partial charge in [0.05, 0.1) is 19.3 Å². The maximum absolute atomic E-state index is 12.6. The fourth-order valence-corrected chi connectivity index (χ4v) is 3.58. The second kappa shape index (κ2) is 6.66. The summed E-state index contributed by atoms with van der Waals surface area (Å²) in [4.78, 5) is 14.2. The zero-order valence-electron chi connectivity index (χ0n) is 13.2. The van der Waals surface area contributed by atoms with Crippen LogP contribution in [0.5, 0.6) is 5.75 Å². The first kappa shape index (κ1) is 16.8. The van der Waals surface area contributed by atoms with Crippen LogP contribution in [0.2, 0.25) is 0 Å². The molecule has 2 rings (SSSR count). The van der Waals surface area contributed by atoms with Crippen LogP contribution in [0.4, 0.5) is 5.69 Å². The van der Waals surface area contributed by atoms with Crippen LogP contribution in [0.25, 0.3) is 0 Å². The molecule has 1 fully saturated rings. The Kier molecular flexibility index (Phi) is 5.08. The molecule has 22 heavy (non-hydrogen) atoms. The Balaban J connectivity index is 2.13. The SMILES string of the molecule is COc1cccc(N(C)C(=O)C2CCCN(S(C)(=O)=O)C2)c1. The van der Waals surface area contributed by atoms with Gasteiger partial charge < -0.3 is 9.64 Å². The summed E-state index contributed by atoms with van der Waals surface area (Å²) in [5, 5.41) is 0. The van der Waals surface area contributed by atoms with E-state index in [0.717, 1.165) is 5.69 Å². The maximum atomic E-state index is 12.6. The van der Waals surface area contributed by atoms with E-state index in [2.05, 4.69) is 0 Å². The minimum Gasteiger partial charge on any atom is -0.497 e. The molecular weight excluding hydrogens is 304 g/mol. The maximum Gasteiger partial charge on any atom is 0.231 e. The van der Waals surface area contributed by atoms with Gasteiger partial charge in [0.2, 0.25) is 15.9 Å². The van der Waals surface area contributed by atoms with E-state index in [-0.39, 0.29) is 18.4 Å². The van der Waals surface area contributed by atoms with Crippen molar-refractivity contribution in [3.63, 3.8) is 0 Å². The molecule has 1 heterocycles. The Morgan fingerprint density at radius 2 is 2.14 bits per heavy atom. The number of sulfonamides is 1. The van der Waals surface area contributed by atoms with Gasteiger partial charge in [-0.15, -0.1) is 0 Å². The van der Waals surface area contributed by atoms with Crippen LogP contribution in [0.3, 0.4) is 0 Å². The van der Waals surface area contributed by atoms with Gasteiger partial charge in [0.15, 0.2) is 0 Å². The number of ether oxygens (including phenoxy) is 1. The molecule has 1 amide bonds. The van der Waals surface area contributed by atoms with E-state index in [1.54, 1.807) is 25.1 Å². The lowest BCUT2D eigenvalue weighted by atomic mass is 9.98. The second-order valence-corrected chi connectivity index (χ2v) is 7.54. The first-order valence-electron chi connectivity index (χ1n) is 7.19. The Labute approximate surface area is 131 Å². The van der Waals surface area contributed by atoms with Crippen LogP contribution >= 0.6 is 0 Å². The Morgan fingerprint density at radius 1 is 1.41 bits per heavy atom. The van der Waals surface area contributed by atoms with E-state index in [1.807, 2.05) is 18.2 Å². The predicted molar refractivity (Wildman–Crippen MR) is 85.5 cm³/mol. The third-order valence-electron chi connectivity index (χ3n) is 3.97. The fourth-order valence-electron chi connectivity index (χ4n) is 2.67. The molecule has 0 radical (unpaired) electrons. The highest BCUT2D eigenvalue weighted by atomic mass is 32.2. The van der Waals surface area contributed by atoms with E-state index in [1.165, 1.54) is 10.6 Å². The van der Waals surface area contributed by atoms with Crippen molar-refractivity contribution in [2.45, 2.75) is 12.8 Å².